The van der Waals surface area contributed by atoms with Crippen molar-refractivity contribution >= 4 is 35.1 Å². The third kappa shape index (κ3) is 3.50. The van der Waals surface area contributed by atoms with Crippen molar-refractivity contribution in [3.8, 4) is 0 Å². The number of esters is 1. The summed E-state index contributed by atoms with van der Waals surface area (Å²) in [5, 5.41) is 2.71. The van der Waals surface area contributed by atoms with Crippen LogP contribution in [-0.4, -0.2) is 22.8 Å². The third-order valence-corrected chi connectivity index (χ3v) is 4.88. The van der Waals surface area contributed by atoms with Crippen LogP contribution in [-0.2, 0) is 20.9 Å². The van der Waals surface area contributed by atoms with Gasteiger partial charge in [-0.05, 0) is 25.0 Å². The lowest BCUT2D eigenvalue weighted by molar-refractivity contribution is -0.153. The summed E-state index contributed by atoms with van der Waals surface area (Å²) in [5.41, 5.74) is 1.20. The standard InChI is InChI=1S/C15H17Cl2NO3/c1-10-5-3-4-6-11(10)7-18-12(19)8-21-13(20)14(2)9-15(14,16)17/h3-6H,7-9H2,1-2H3,(H,18,19). The van der Waals surface area contributed by atoms with Gasteiger partial charge in [0.1, 0.15) is 9.75 Å². The van der Waals surface area contributed by atoms with Crippen LogP contribution in [0.25, 0.3) is 0 Å². The van der Waals surface area contributed by atoms with Gasteiger partial charge in [-0.15, -0.1) is 23.2 Å². The van der Waals surface area contributed by atoms with E-state index in [0.29, 0.717) is 13.0 Å². The molecule has 1 N–H and O–H groups in total. The highest BCUT2D eigenvalue weighted by Crippen LogP contribution is 2.64. The molecule has 0 spiro atoms. The number of nitrogens with one attached hydrogen (secondary N) is 1. The van der Waals surface area contributed by atoms with Gasteiger partial charge >= 0.3 is 5.97 Å². The van der Waals surface area contributed by atoms with Gasteiger partial charge in [0.05, 0.1) is 0 Å². The number of hydrogen-bond donors (Lipinski definition) is 1. The lowest BCUT2D eigenvalue weighted by atomic mass is 10.1. The number of rotatable bonds is 5. The summed E-state index contributed by atoms with van der Waals surface area (Å²) in [6.45, 7) is 3.66. The molecule has 0 bridgehead atoms. The number of halogens is 2. The molecule has 1 aliphatic rings. The largest absolute Gasteiger partial charge is 0.455 e. The van der Waals surface area contributed by atoms with Crippen molar-refractivity contribution in [3.05, 3.63) is 35.4 Å². The van der Waals surface area contributed by atoms with Gasteiger partial charge in [-0.1, -0.05) is 24.3 Å². The number of alkyl halides is 2. The maximum atomic E-state index is 11.8. The molecular formula is C15H17Cl2NO3. The first-order valence-electron chi connectivity index (χ1n) is 6.62. The van der Waals surface area contributed by atoms with Crippen molar-refractivity contribution in [2.24, 2.45) is 5.41 Å². The van der Waals surface area contributed by atoms with Gasteiger partial charge in [-0.25, -0.2) is 0 Å². The number of benzene rings is 1. The fourth-order valence-corrected chi connectivity index (χ4v) is 2.65. The monoisotopic (exact) mass is 329 g/mol. The van der Waals surface area contributed by atoms with Crippen LogP contribution in [0, 0.1) is 12.3 Å². The molecule has 1 amide bonds. The predicted molar refractivity (Wildman–Crippen MR) is 81.1 cm³/mol. The number of carbonyl (C=O) groups is 2. The van der Waals surface area contributed by atoms with Crippen molar-refractivity contribution in [2.75, 3.05) is 6.61 Å². The molecule has 1 fully saturated rings. The zero-order valence-corrected chi connectivity index (χ0v) is 13.4. The fraction of sp³-hybridized carbons (Fsp3) is 0.467. The molecule has 21 heavy (non-hydrogen) atoms. The average Bonchev–Trinajstić information content (AvgIpc) is 2.95. The molecule has 1 unspecified atom stereocenters. The van der Waals surface area contributed by atoms with Crippen LogP contribution in [0.4, 0.5) is 0 Å². The van der Waals surface area contributed by atoms with E-state index in [4.69, 9.17) is 27.9 Å². The van der Waals surface area contributed by atoms with Crippen LogP contribution in [0.3, 0.4) is 0 Å². The Hall–Kier alpha value is -1.26. The summed E-state index contributed by atoms with van der Waals surface area (Å²) in [6.07, 6.45) is 0.340. The van der Waals surface area contributed by atoms with Crippen LogP contribution in [0.15, 0.2) is 24.3 Å². The predicted octanol–water partition coefficient (Wildman–Crippen LogP) is 2.74. The van der Waals surface area contributed by atoms with E-state index in [9.17, 15) is 9.59 Å². The Morgan fingerprint density at radius 2 is 1.95 bits per heavy atom. The van der Waals surface area contributed by atoms with Gasteiger partial charge < -0.3 is 10.1 Å². The molecule has 0 aliphatic heterocycles. The number of amides is 1. The Balaban J connectivity index is 1.76. The second kappa shape index (κ2) is 5.85. The maximum Gasteiger partial charge on any atom is 0.315 e. The van der Waals surface area contributed by atoms with Gasteiger partial charge in [0.15, 0.2) is 6.61 Å². The SMILES string of the molecule is Cc1ccccc1CNC(=O)COC(=O)C1(C)CC1(Cl)Cl. The number of ether oxygens (including phenoxy) is 1. The Morgan fingerprint density at radius 3 is 2.52 bits per heavy atom. The summed E-state index contributed by atoms with van der Waals surface area (Å²) in [6, 6.07) is 7.74. The van der Waals surface area contributed by atoms with Crippen molar-refractivity contribution in [3.63, 3.8) is 0 Å². The van der Waals surface area contributed by atoms with Crippen molar-refractivity contribution in [1.82, 2.24) is 5.32 Å². The van der Waals surface area contributed by atoms with Gasteiger partial charge in [0.25, 0.3) is 5.91 Å². The minimum atomic E-state index is -1.08. The lowest BCUT2D eigenvalue weighted by Gasteiger charge is -2.12. The highest BCUT2D eigenvalue weighted by Gasteiger charge is 2.69. The fourth-order valence-electron chi connectivity index (χ4n) is 1.96. The first kappa shape index (κ1) is 16.1. The summed E-state index contributed by atoms with van der Waals surface area (Å²) in [7, 11) is 0. The van der Waals surface area contributed by atoms with Crippen molar-refractivity contribution < 1.29 is 14.3 Å². The molecule has 0 radical (unpaired) electrons. The number of hydrogen-bond acceptors (Lipinski definition) is 3. The second-order valence-corrected chi connectivity index (χ2v) is 6.98. The molecule has 2 rings (SSSR count). The first-order valence-corrected chi connectivity index (χ1v) is 7.38. The van der Waals surface area contributed by atoms with Crippen molar-refractivity contribution in [1.29, 1.82) is 0 Å². The minimum absolute atomic E-state index is 0.329. The van der Waals surface area contributed by atoms with E-state index in [-0.39, 0.29) is 12.5 Å². The number of aryl methyl sites for hydroxylation is 1. The highest BCUT2D eigenvalue weighted by molar-refractivity contribution is 6.53. The molecule has 114 valence electrons. The lowest BCUT2D eigenvalue weighted by Crippen LogP contribution is -2.31. The van der Waals surface area contributed by atoms with Gasteiger partial charge in [0.2, 0.25) is 0 Å². The zero-order chi connectivity index (χ0) is 15.7. The van der Waals surface area contributed by atoms with Gasteiger partial charge in [-0.3, -0.25) is 9.59 Å². The molecule has 1 aromatic carbocycles. The average molecular weight is 330 g/mol. The molecule has 0 saturated heterocycles. The molecule has 0 heterocycles. The Labute approximate surface area is 133 Å². The molecule has 0 aromatic heterocycles. The van der Waals surface area contributed by atoms with E-state index in [2.05, 4.69) is 5.32 Å². The van der Waals surface area contributed by atoms with E-state index >= 15 is 0 Å². The molecule has 1 aliphatic carbocycles. The Bertz CT molecular complexity index is 574. The Kier molecular flexibility index (Phi) is 4.49. The quantitative estimate of drug-likeness (QED) is 0.667. The first-order chi connectivity index (χ1) is 9.76. The molecule has 4 nitrogen and oxygen atoms in total. The summed E-state index contributed by atoms with van der Waals surface area (Å²) < 4.78 is 3.88. The molecule has 1 saturated carbocycles. The van der Waals surface area contributed by atoms with Crippen LogP contribution in [0.5, 0.6) is 0 Å². The van der Waals surface area contributed by atoms with Crippen LogP contribution >= 0.6 is 23.2 Å². The molecule has 1 atom stereocenters. The van der Waals surface area contributed by atoms with E-state index in [1.807, 2.05) is 31.2 Å². The molecule has 6 heteroatoms. The third-order valence-electron chi connectivity index (χ3n) is 3.78. The maximum absolute atomic E-state index is 11.8. The Morgan fingerprint density at radius 1 is 1.33 bits per heavy atom. The smallest absolute Gasteiger partial charge is 0.315 e. The second-order valence-electron chi connectivity index (χ2n) is 5.49. The zero-order valence-electron chi connectivity index (χ0n) is 11.9. The topological polar surface area (TPSA) is 55.4 Å². The minimum Gasteiger partial charge on any atom is -0.455 e. The van der Waals surface area contributed by atoms with Crippen LogP contribution in [0.1, 0.15) is 24.5 Å². The van der Waals surface area contributed by atoms with Gasteiger partial charge in [-0.2, -0.15) is 0 Å². The van der Waals surface area contributed by atoms with Crippen LogP contribution in [0.2, 0.25) is 0 Å². The van der Waals surface area contributed by atoms with Gasteiger partial charge in [0, 0.05) is 13.0 Å². The summed E-state index contributed by atoms with van der Waals surface area (Å²) in [4.78, 5) is 23.5. The highest BCUT2D eigenvalue weighted by atomic mass is 35.5. The van der Waals surface area contributed by atoms with Crippen molar-refractivity contribution in [2.45, 2.75) is 31.1 Å². The summed E-state index contributed by atoms with van der Waals surface area (Å²) in [5.74, 6) is -0.899. The normalized spacial score (nSPS) is 22.5. The van der Waals surface area contributed by atoms with E-state index in [1.165, 1.54) is 0 Å². The van der Waals surface area contributed by atoms with Crippen LogP contribution < -0.4 is 5.32 Å². The molecular weight excluding hydrogens is 313 g/mol. The van der Waals surface area contributed by atoms with E-state index < -0.39 is 15.7 Å². The van der Waals surface area contributed by atoms with E-state index in [0.717, 1.165) is 11.1 Å². The molecule has 1 aromatic rings. The number of carbonyl (C=O) groups excluding carboxylic acids is 2. The van der Waals surface area contributed by atoms with E-state index in [1.54, 1.807) is 6.92 Å². The summed E-state index contributed by atoms with van der Waals surface area (Å²) >= 11 is 11.8.